The molecule has 0 spiro atoms. The van der Waals surface area contributed by atoms with Crippen molar-refractivity contribution in [3.8, 4) is 28.0 Å². The van der Waals surface area contributed by atoms with E-state index in [0.717, 1.165) is 33.2 Å². The molecule has 0 bridgehead atoms. The second-order valence-corrected chi connectivity index (χ2v) is 6.60. The maximum Gasteiger partial charge on any atom is 0.277 e. The van der Waals surface area contributed by atoms with Gasteiger partial charge in [0.15, 0.2) is 0 Å². The summed E-state index contributed by atoms with van der Waals surface area (Å²) in [7, 11) is 0. The molecule has 0 radical (unpaired) electrons. The quantitative estimate of drug-likeness (QED) is 0.295. The minimum absolute atomic E-state index is 0.105. The number of fused-ring (bicyclic) bond motifs is 3. The second kappa shape index (κ2) is 5.95. The number of nitro benzene ring substituents is 1. The van der Waals surface area contributed by atoms with Crippen LogP contribution in [0.2, 0.25) is 0 Å². The Morgan fingerprint density at radius 2 is 1.48 bits per heavy atom. The Kier molecular flexibility index (Phi) is 3.44. The first-order chi connectivity index (χ1) is 13.2. The van der Waals surface area contributed by atoms with Crippen molar-refractivity contribution in [2.75, 3.05) is 0 Å². The Bertz CT molecular complexity index is 1200. The van der Waals surface area contributed by atoms with Crippen molar-refractivity contribution in [2.24, 2.45) is 0 Å². The Hall–Kier alpha value is -3.66. The number of hydrogen-bond donors (Lipinski definition) is 0. The Morgan fingerprint density at radius 1 is 0.778 bits per heavy atom. The number of rotatable bonds is 4. The van der Waals surface area contributed by atoms with E-state index in [4.69, 9.17) is 4.74 Å². The van der Waals surface area contributed by atoms with Crippen LogP contribution in [0.3, 0.4) is 0 Å². The summed E-state index contributed by atoms with van der Waals surface area (Å²) in [5, 5.41) is 13.1. The van der Waals surface area contributed by atoms with Gasteiger partial charge in [0, 0.05) is 11.5 Å². The minimum atomic E-state index is -0.327. The third-order valence-electron chi connectivity index (χ3n) is 5.02. The molecule has 0 heterocycles. The Labute approximate surface area is 155 Å². The van der Waals surface area contributed by atoms with Crippen molar-refractivity contribution in [3.05, 3.63) is 94.5 Å². The summed E-state index contributed by atoms with van der Waals surface area (Å²) in [4.78, 5) is 11.3. The van der Waals surface area contributed by atoms with E-state index in [1.807, 2.05) is 54.6 Å². The minimum Gasteiger partial charge on any atom is -0.489 e. The first-order valence-corrected chi connectivity index (χ1v) is 8.74. The highest BCUT2D eigenvalue weighted by atomic mass is 16.6. The van der Waals surface area contributed by atoms with Gasteiger partial charge in [-0.3, -0.25) is 10.1 Å². The van der Waals surface area contributed by atoms with Gasteiger partial charge in [-0.15, -0.1) is 0 Å². The van der Waals surface area contributed by atoms with Gasteiger partial charge in [0.25, 0.3) is 5.69 Å². The molecule has 0 aliphatic heterocycles. The lowest BCUT2D eigenvalue weighted by molar-refractivity contribution is -0.383. The fraction of sp³-hybridized carbons (Fsp3) is 0.0435. The molecule has 4 aromatic carbocycles. The van der Waals surface area contributed by atoms with Crippen molar-refractivity contribution in [1.29, 1.82) is 0 Å². The Morgan fingerprint density at radius 3 is 2.22 bits per heavy atom. The first kappa shape index (κ1) is 15.6. The van der Waals surface area contributed by atoms with E-state index in [2.05, 4.69) is 12.1 Å². The first-order valence-electron chi connectivity index (χ1n) is 8.74. The molecule has 4 aromatic rings. The van der Waals surface area contributed by atoms with E-state index in [0.29, 0.717) is 17.7 Å². The van der Waals surface area contributed by atoms with Gasteiger partial charge in [0.05, 0.1) is 10.3 Å². The monoisotopic (exact) mass is 353 g/mol. The van der Waals surface area contributed by atoms with Gasteiger partial charge in [-0.05, 0) is 46.0 Å². The van der Waals surface area contributed by atoms with Crippen LogP contribution in [0.1, 0.15) is 5.56 Å². The van der Waals surface area contributed by atoms with Crippen LogP contribution in [-0.2, 0) is 6.61 Å². The van der Waals surface area contributed by atoms with E-state index in [-0.39, 0.29) is 10.6 Å². The molecule has 4 heteroatoms. The molecule has 1 aliphatic carbocycles. The maximum absolute atomic E-state index is 11.6. The normalized spacial score (nSPS) is 11.4. The molecule has 0 fully saturated rings. The topological polar surface area (TPSA) is 52.4 Å². The van der Waals surface area contributed by atoms with Crippen molar-refractivity contribution in [2.45, 2.75) is 6.61 Å². The lowest BCUT2D eigenvalue weighted by Gasteiger charge is -2.10. The highest BCUT2D eigenvalue weighted by Gasteiger charge is 2.26. The summed E-state index contributed by atoms with van der Waals surface area (Å²) in [5.41, 5.74) is 5.38. The van der Waals surface area contributed by atoms with Crippen molar-refractivity contribution in [1.82, 2.24) is 0 Å². The molecule has 1 aliphatic rings. The third kappa shape index (κ3) is 2.46. The third-order valence-corrected chi connectivity index (χ3v) is 5.02. The fourth-order valence-electron chi connectivity index (χ4n) is 3.82. The zero-order valence-corrected chi connectivity index (χ0v) is 14.4. The molecule has 4 nitrogen and oxygen atoms in total. The second-order valence-electron chi connectivity index (χ2n) is 6.60. The van der Waals surface area contributed by atoms with Crippen LogP contribution in [-0.4, -0.2) is 4.92 Å². The molecule has 5 rings (SSSR count). The Balaban J connectivity index is 1.69. The zero-order valence-electron chi connectivity index (χ0n) is 14.4. The van der Waals surface area contributed by atoms with Gasteiger partial charge in [0.1, 0.15) is 12.4 Å². The van der Waals surface area contributed by atoms with Crippen LogP contribution >= 0.6 is 0 Å². The largest absolute Gasteiger partial charge is 0.489 e. The maximum atomic E-state index is 11.6. The standard InChI is InChI=1S/C23H15NO3/c25-24(26)22-11-10-19-17-8-4-5-9-18(17)20-12-16(13-21(22)23(19)20)27-14-15-6-2-1-3-7-15/h1-13H,14H2. The molecule has 0 N–H and O–H groups in total. The van der Waals surface area contributed by atoms with Gasteiger partial charge in [0.2, 0.25) is 0 Å². The molecule has 27 heavy (non-hydrogen) atoms. The molecule has 0 atom stereocenters. The van der Waals surface area contributed by atoms with E-state index in [9.17, 15) is 10.1 Å². The summed E-state index contributed by atoms with van der Waals surface area (Å²) in [5.74, 6) is 0.637. The number of non-ortho nitro benzene ring substituents is 1. The zero-order chi connectivity index (χ0) is 18.4. The molecular formula is C23H15NO3. The number of nitro groups is 1. The highest BCUT2D eigenvalue weighted by Crippen LogP contribution is 2.50. The van der Waals surface area contributed by atoms with Crippen LogP contribution < -0.4 is 4.74 Å². The SMILES string of the molecule is O=[N+]([O-])c1ccc2c3c(cc(OCc4ccccc4)cc13)-c1ccccc1-2. The summed E-state index contributed by atoms with van der Waals surface area (Å²) in [6.45, 7) is 0.418. The summed E-state index contributed by atoms with van der Waals surface area (Å²) < 4.78 is 5.99. The lowest BCUT2D eigenvalue weighted by atomic mass is 10.0. The predicted octanol–water partition coefficient (Wildman–Crippen LogP) is 5.97. The summed E-state index contributed by atoms with van der Waals surface area (Å²) >= 11 is 0. The molecular weight excluding hydrogens is 338 g/mol. The van der Waals surface area contributed by atoms with Crippen LogP contribution in [0, 0.1) is 10.1 Å². The summed E-state index contributed by atoms with van der Waals surface area (Å²) in [6, 6.07) is 25.2. The van der Waals surface area contributed by atoms with Gasteiger partial charge in [-0.25, -0.2) is 0 Å². The van der Waals surface area contributed by atoms with Crippen molar-refractivity contribution in [3.63, 3.8) is 0 Å². The number of ether oxygens (including phenoxy) is 1. The van der Waals surface area contributed by atoms with Gasteiger partial charge in [-0.1, -0.05) is 54.6 Å². The van der Waals surface area contributed by atoms with Crippen molar-refractivity contribution >= 4 is 16.5 Å². The molecule has 130 valence electrons. The molecule has 0 saturated heterocycles. The molecule has 0 saturated carbocycles. The number of benzene rings is 4. The molecule has 0 amide bonds. The fourth-order valence-corrected chi connectivity index (χ4v) is 3.82. The van der Waals surface area contributed by atoms with Gasteiger partial charge < -0.3 is 4.74 Å². The van der Waals surface area contributed by atoms with Crippen LogP contribution in [0.5, 0.6) is 5.75 Å². The van der Waals surface area contributed by atoms with Gasteiger partial charge >= 0.3 is 0 Å². The van der Waals surface area contributed by atoms with E-state index < -0.39 is 0 Å². The van der Waals surface area contributed by atoms with E-state index >= 15 is 0 Å². The van der Waals surface area contributed by atoms with E-state index in [1.165, 1.54) is 0 Å². The average molecular weight is 353 g/mol. The average Bonchev–Trinajstić information content (AvgIpc) is 3.03. The van der Waals surface area contributed by atoms with Crippen LogP contribution in [0.25, 0.3) is 33.0 Å². The van der Waals surface area contributed by atoms with Crippen LogP contribution in [0.15, 0.2) is 78.9 Å². The molecule has 0 unspecified atom stereocenters. The lowest BCUT2D eigenvalue weighted by Crippen LogP contribution is -1.96. The highest BCUT2D eigenvalue weighted by molar-refractivity contribution is 6.17. The molecule has 0 aromatic heterocycles. The predicted molar refractivity (Wildman–Crippen MR) is 106 cm³/mol. The van der Waals surface area contributed by atoms with Crippen LogP contribution in [0.4, 0.5) is 5.69 Å². The number of nitrogens with zero attached hydrogens (tertiary/aromatic N) is 1. The number of hydrogen-bond acceptors (Lipinski definition) is 3. The van der Waals surface area contributed by atoms with E-state index in [1.54, 1.807) is 12.1 Å². The summed E-state index contributed by atoms with van der Waals surface area (Å²) in [6.07, 6.45) is 0. The van der Waals surface area contributed by atoms with Crippen molar-refractivity contribution < 1.29 is 9.66 Å². The smallest absolute Gasteiger partial charge is 0.277 e. The van der Waals surface area contributed by atoms with Gasteiger partial charge in [-0.2, -0.15) is 0 Å².